The van der Waals surface area contributed by atoms with Gasteiger partial charge in [-0.25, -0.2) is 9.59 Å². The highest BCUT2D eigenvalue weighted by atomic mass is 16.5. The molecule has 0 aromatic rings. The molecule has 0 aliphatic rings. The van der Waals surface area contributed by atoms with Crippen molar-refractivity contribution in [3.63, 3.8) is 0 Å². The molecule has 10 heteroatoms. The van der Waals surface area contributed by atoms with Crippen molar-refractivity contribution in [3.8, 4) is 0 Å². The third kappa shape index (κ3) is 8.56. The molecule has 0 saturated carbocycles. The molecule has 2 amide bonds. The lowest BCUT2D eigenvalue weighted by Gasteiger charge is -2.17. The number of nitrogens with zero attached hydrogens (tertiary/aromatic N) is 2. The highest BCUT2D eigenvalue weighted by Crippen LogP contribution is 1.94. The van der Waals surface area contributed by atoms with Crippen LogP contribution in [0.25, 0.3) is 0 Å². The molecule has 0 heterocycles. The van der Waals surface area contributed by atoms with Crippen molar-refractivity contribution in [1.29, 1.82) is 0 Å². The van der Waals surface area contributed by atoms with E-state index < -0.39 is 48.5 Å². The van der Waals surface area contributed by atoms with Crippen molar-refractivity contribution in [2.75, 3.05) is 39.4 Å². The van der Waals surface area contributed by atoms with Gasteiger partial charge in [0.15, 0.2) is 13.2 Å². The highest BCUT2D eigenvalue weighted by molar-refractivity contribution is 6.37. The van der Waals surface area contributed by atoms with Crippen LogP contribution >= 0.6 is 0 Å². The first-order chi connectivity index (χ1) is 13.2. The summed E-state index contributed by atoms with van der Waals surface area (Å²) in [5, 5.41) is 0. The monoisotopic (exact) mass is 398 g/mol. The molecule has 0 aromatic carbocycles. The Labute approximate surface area is 163 Å². The summed E-state index contributed by atoms with van der Waals surface area (Å²) in [4.78, 5) is 72.2. The molecule has 156 valence electrons. The number of carbonyl (C=O) groups excluding carboxylic acids is 6. The Kier molecular flexibility index (Phi) is 11.7. The smallest absolute Gasteiger partial charge is 0.331 e. The van der Waals surface area contributed by atoms with E-state index in [4.69, 9.17) is 0 Å². The maximum Gasteiger partial charge on any atom is 0.331 e. The zero-order valence-electron chi connectivity index (χ0n) is 16.6. The van der Waals surface area contributed by atoms with Crippen LogP contribution in [-0.2, 0) is 38.2 Å². The third-order valence-electron chi connectivity index (χ3n) is 3.62. The van der Waals surface area contributed by atoms with E-state index in [9.17, 15) is 28.8 Å². The van der Waals surface area contributed by atoms with Gasteiger partial charge in [-0.3, -0.25) is 19.2 Å². The van der Waals surface area contributed by atoms with Gasteiger partial charge in [-0.05, 0) is 27.7 Å². The minimum atomic E-state index is -1.04. The van der Waals surface area contributed by atoms with Crippen LogP contribution in [0.15, 0.2) is 12.2 Å². The van der Waals surface area contributed by atoms with E-state index in [1.165, 1.54) is 9.80 Å². The van der Waals surface area contributed by atoms with Crippen LogP contribution in [0.4, 0.5) is 0 Å². The molecule has 0 N–H and O–H groups in total. The molecular weight excluding hydrogens is 372 g/mol. The Bertz CT molecular complexity index is 579. The molecule has 0 aliphatic carbocycles. The summed E-state index contributed by atoms with van der Waals surface area (Å²) in [5.74, 6) is -5.40. The molecule has 28 heavy (non-hydrogen) atoms. The number of ketones is 2. The summed E-state index contributed by atoms with van der Waals surface area (Å²) in [6, 6.07) is 0. The number of ether oxygens (including phenoxy) is 2. The van der Waals surface area contributed by atoms with Crippen molar-refractivity contribution >= 4 is 35.3 Å². The van der Waals surface area contributed by atoms with Gasteiger partial charge < -0.3 is 19.3 Å². The maximum absolute atomic E-state index is 11.7. The van der Waals surface area contributed by atoms with E-state index in [1.54, 1.807) is 27.7 Å². The molecule has 0 spiro atoms. The number of rotatable bonds is 12. The van der Waals surface area contributed by atoms with Gasteiger partial charge >= 0.3 is 11.9 Å². The summed E-state index contributed by atoms with van der Waals surface area (Å²) < 4.78 is 9.16. The van der Waals surface area contributed by atoms with Crippen LogP contribution in [0, 0.1) is 0 Å². The lowest BCUT2D eigenvalue weighted by atomic mass is 10.3. The Morgan fingerprint density at radius 1 is 0.607 bits per heavy atom. The first-order valence-electron chi connectivity index (χ1n) is 8.87. The summed E-state index contributed by atoms with van der Waals surface area (Å²) in [6.07, 6.45) is 1.38. The molecular formula is C18H26N2O8. The molecule has 0 fully saturated rings. The van der Waals surface area contributed by atoms with Crippen molar-refractivity contribution in [1.82, 2.24) is 9.80 Å². The Morgan fingerprint density at radius 2 is 0.893 bits per heavy atom. The highest BCUT2D eigenvalue weighted by Gasteiger charge is 2.21. The molecule has 0 bridgehead atoms. The predicted molar refractivity (Wildman–Crippen MR) is 96.9 cm³/mol. The zero-order valence-corrected chi connectivity index (χ0v) is 16.6. The number of esters is 2. The fraction of sp³-hybridized carbons (Fsp3) is 0.556. The fourth-order valence-electron chi connectivity index (χ4n) is 2.00. The van der Waals surface area contributed by atoms with Crippen LogP contribution in [0.5, 0.6) is 0 Å². The van der Waals surface area contributed by atoms with E-state index >= 15 is 0 Å². The lowest BCUT2D eigenvalue weighted by molar-refractivity contribution is -0.151. The molecule has 0 saturated heterocycles. The van der Waals surface area contributed by atoms with Gasteiger partial charge in [0.1, 0.15) is 0 Å². The molecule has 0 aromatic heterocycles. The average Bonchev–Trinajstić information content (AvgIpc) is 2.69. The number of likely N-dealkylation sites (N-methyl/N-ethyl adjacent to an activating group) is 2. The number of amides is 2. The number of carbonyl (C=O) groups is 6. The number of hydrogen-bond acceptors (Lipinski definition) is 8. The SMILES string of the molecule is CCN(CC)C(=O)C(=O)COC(=O)/C=C/C(=O)OCC(=O)C(=O)N(CC)CC. The van der Waals surface area contributed by atoms with Gasteiger partial charge in [-0.2, -0.15) is 0 Å². The van der Waals surface area contributed by atoms with Crippen LogP contribution in [-0.4, -0.2) is 84.5 Å². The summed E-state index contributed by atoms with van der Waals surface area (Å²) >= 11 is 0. The van der Waals surface area contributed by atoms with Gasteiger partial charge in [0, 0.05) is 38.3 Å². The van der Waals surface area contributed by atoms with Crippen molar-refractivity contribution in [2.45, 2.75) is 27.7 Å². The quantitative estimate of drug-likeness (QED) is 0.245. The minimum absolute atomic E-state index is 0.344. The van der Waals surface area contributed by atoms with Crippen LogP contribution in [0.1, 0.15) is 27.7 Å². The van der Waals surface area contributed by atoms with E-state index in [2.05, 4.69) is 9.47 Å². The van der Waals surface area contributed by atoms with Gasteiger partial charge in [0.05, 0.1) is 0 Å². The second-order valence-corrected chi connectivity index (χ2v) is 5.35. The Balaban J connectivity index is 4.39. The Morgan fingerprint density at radius 3 is 1.14 bits per heavy atom. The van der Waals surface area contributed by atoms with E-state index in [-0.39, 0.29) is 0 Å². The lowest BCUT2D eigenvalue weighted by Crippen LogP contribution is -2.38. The minimum Gasteiger partial charge on any atom is -0.454 e. The van der Waals surface area contributed by atoms with Crippen LogP contribution in [0.3, 0.4) is 0 Å². The summed E-state index contributed by atoms with van der Waals surface area (Å²) in [6.45, 7) is 6.67. The molecule has 10 nitrogen and oxygen atoms in total. The third-order valence-corrected chi connectivity index (χ3v) is 3.62. The molecule has 0 rings (SSSR count). The van der Waals surface area contributed by atoms with E-state index in [0.717, 1.165) is 0 Å². The molecule has 0 unspecified atom stereocenters. The fourth-order valence-corrected chi connectivity index (χ4v) is 2.00. The maximum atomic E-state index is 11.7. The van der Waals surface area contributed by atoms with Crippen LogP contribution < -0.4 is 0 Å². The standard InChI is InChI=1S/C18H26N2O8/c1-5-19(6-2)17(25)13(21)11-27-15(23)9-10-16(24)28-12-14(22)18(26)20(7-3)8-4/h9-10H,5-8,11-12H2,1-4H3/b10-9+. The predicted octanol–water partition coefficient (Wildman–Crippen LogP) is -0.496. The second kappa shape index (κ2) is 13.2. The van der Waals surface area contributed by atoms with Crippen LogP contribution in [0.2, 0.25) is 0 Å². The van der Waals surface area contributed by atoms with Crippen molar-refractivity contribution in [2.24, 2.45) is 0 Å². The topological polar surface area (TPSA) is 127 Å². The first kappa shape index (κ1) is 25.0. The molecule has 0 atom stereocenters. The van der Waals surface area contributed by atoms with Gasteiger partial charge in [0.25, 0.3) is 23.4 Å². The normalized spacial score (nSPS) is 10.3. The largest absolute Gasteiger partial charge is 0.454 e. The van der Waals surface area contributed by atoms with Crippen molar-refractivity contribution < 1.29 is 38.2 Å². The second-order valence-electron chi connectivity index (χ2n) is 5.35. The number of hydrogen-bond donors (Lipinski definition) is 0. The van der Waals surface area contributed by atoms with Crippen molar-refractivity contribution in [3.05, 3.63) is 12.2 Å². The van der Waals surface area contributed by atoms with Gasteiger partial charge in [-0.15, -0.1) is 0 Å². The van der Waals surface area contributed by atoms with Gasteiger partial charge in [-0.1, -0.05) is 0 Å². The van der Waals surface area contributed by atoms with E-state index in [0.29, 0.717) is 38.3 Å². The zero-order chi connectivity index (χ0) is 21.7. The summed E-state index contributed by atoms with van der Waals surface area (Å²) in [7, 11) is 0. The molecule has 0 aliphatic heterocycles. The Hall–Kier alpha value is -3.04. The van der Waals surface area contributed by atoms with E-state index in [1.807, 2.05) is 0 Å². The van der Waals surface area contributed by atoms with Gasteiger partial charge in [0.2, 0.25) is 0 Å². The summed E-state index contributed by atoms with van der Waals surface area (Å²) in [5.41, 5.74) is 0. The average molecular weight is 398 g/mol. The molecule has 0 radical (unpaired) electrons. The first-order valence-corrected chi connectivity index (χ1v) is 8.87. The number of Topliss-reactive ketones (excluding diaryl/α,β-unsaturated/α-hetero) is 2.